The van der Waals surface area contributed by atoms with Gasteiger partial charge in [-0.2, -0.15) is 0 Å². The van der Waals surface area contributed by atoms with Gasteiger partial charge in [0.25, 0.3) is 11.6 Å². The number of nitrogen functional groups attached to an aromatic ring is 1. The second-order valence-electron chi connectivity index (χ2n) is 3.38. The number of halogens is 1. The van der Waals surface area contributed by atoms with Gasteiger partial charge in [-0.05, 0) is 22.4 Å². The number of nitrogens with one attached hydrogen (secondary N) is 1. The Labute approximate surface area is 110 Å². The van der Waals surface area contributed by atoms with Crippen LogP contribution in [-0.2, 0) is 0 Å². The average Bonchev–Trinajstić information content (AvgIpc) is 2.77. The zero-order valence-corrected chi connectivity index (χ0v) is 9.92. The number of amides is 1. The molecule has 19 heavy (non-hydrogen) atoms. The van der Waals surface area contributed by atoms with Crippen molar-refractivity contribution in [3.63, 3.8) is 0 Å². The predicted molar refractivity (Wildman–Crippen MR) is 64.8 cm³/mol. The standard InChI is InChI=1S/C9H6ClN5O4/c10-5-2-1-4(3-6(5)15(17)18)12-9(16)7-8(11)14-19-13-7/h1-3H,(H2,11,14)(H,12,16). The summed E-state index contributed by atoms with van der Waals surface area (Å²) in [5.41, 5.74) is 4.97. The lowest BCUT2D eigenvalue weighted by molar-refractivity contribution is -0.384. The lowest BCUT2D eigenvalue weighted by Crippen LogP contribution is -2.14. The Kier molecular flexibility index (Phi) is 3.29. The normalized spacial score (nSPS) is 10.2. The van der Waals surface area contributed by atoms with E-state index in [1.807, 2.05) is 0 Å². The molecule has 2 aromatic rings. The minimum atomic E-state index is -0.699. The van der Waals surface area contributed by atoms with E-state index in [0.717, 1.165) is 6.07 Å². The molecule has 0 saturated carbocycles. The summed E-state index contributed by atoms with van der Waals surface area (Å²) in [7, 11) is 0. The van der Waals surface area contributed by atoms with E-state index in [9.17, 15) is 14.9 Å². The van der Waals surface area contributed by atoms with E-state index >= 15 is 0 Å². The molecule has 0 aliphatic carbocycles. The molecule has 1 aromatic carbocycles. The number of nitro benzene ring substituents is 1. The first-order chi connectivity index (χ1) is 8.99. The van der Waals surface area contributed by atoms with Gasteiger partial charge in [0.2, 0.25) is 11.5 Å². The quantitative estimate of drug-likeness (QED) is 0.642. The summed E-state index contributed by atoms with van der Waals surface area (Å²) in [6, 6.07) is 3.81. The maximum Gasteiger partial charge on any atom is 0.289 e. The van der Waals surface area contributed by atoms with Gasteiger partial charge in [0.15, 0.2) is 0 Å². The minimum Gasteiger partial charge on any atom is -0.379 e. The van der Waals surface area contributed by atoms with Crippen LogP contribution in [0, 0.1) is 10.1 Å². The maximum absolute atomic E-state index is 11.7. The number of hydrogen-bond donors (Lipinski definition) is 2. The second-order valence-corrected chi connectivity index (χ2v) is 3.78. The van der Waals surface area contributed by atoms with Gasteiger partial charge in [-0.15, -0.1) is 0 Å². The molecule has 9 nitrogen and oxygen atoms in total. The highest BCUT2D eigenvalue weighted by Gasteiger charge is 2.18. The zero-order chi connectivity index (χ0) is 14.0. The van der Waals surface area contributed by atoms with Crippen LogP contribution in [0.5, 0.6) is 0 Å². The number of rotatable bonds is 3. The summed E-state index contributed by atoms with van der Waals surface area (Å²) >= 11 is 5.64. The van der Waals surface area contributed by atoms with E-state index in [1.54, 1.807) is 0 Å². The molecule has 0 atom stereocenters. The molecule has 1 heterocycles. The van der Waals surface area contributed by atoms with Gasteiger partial charge in [-0.25, -0.2) is 4.63 Å². The van der Waals surface area contributed by atoms with E-state index in [-0.39, 0.29) is 27.9 Å². The number of nitrogens with zero attached hydrogens (tertiary/aromatic N) is 3. The number of aromatic nitrogens is 2. The van der Waals surface area contributed by atoms with Crippen molar-refractivity contribution in [2.75, 3.05) is 11.1 Å². The van der Waals surface area contributed by atoms with Gasteiger partial charge in [-0.1, -0.05) is 11.6 Å². The first kappa shape index (κ1) is 12.8. The molecule has 0 saturated heterocycles. The Balaban J connectivity index is 2.25. The van der Waals surface area contributed by atoms with Crippen LogP contribution in [0.1, 0.15) is 10.5 Å². The predicted octanol–water partition coefficient (Wildman–Crippen LogP) is 1.47. The summed E-state index contributed by atoms with van der Waals surface area (Å²) in [6.07, 6.45) is 0. The van der Waals surface area contributed by atoms with Crippen LogP contribution in [-0.4, -0.2) is 21.1 Å². The summed E-state index contributed by atoms with van der Waals surface area (Å²) in [4.78, 5) is 21.7. The third-order valence-corrected chi connectivity index (χ3v) is 2.45. The van der Waals surface area contributed by atoms with Gasteiger partial charge >= 0.3 is 0 Å². The maximum atomic E-state index is 11.7. The highest BCUT2D eigenvalue weighted by Crippen LogP contribution is 2.27. The number of benzene rings is 1. The summed E-state index contributed by atoms with van der Waals surface area (Å²) in [5, 5.41) is 19.6. The van der Waals surface area contributed by atoms with Crippen LogP contribution in [0.3, 0.4) is 0 Å². The molecule has 0 fully saturated rings. The molecule has 10 heteroatoms. The van der Waals surface area contributed by atoms with Crippen molar-refractivity contribution in [2.45, 2.75) is 0 Å². The van der Waals surface area contributed by atoms with Gasteiger partial charge < -0.3 is 11.1 Å². The summed E-state index contributed by atoms with van der Waals surface area (Å²) in [5.74, 6) is -0.878. The van der Waals surface area contributed by atoms with Gasteiger partial charge in [0, 0.05) is 11.8 Å². The highest BCUT2D eigenvalue weighted by molar-refractivity contribution is 6.32. The van der Waals surface area contributed by atoms with Crippen LogP contribution < -0.4 is 11.1 Å². The first-order valence-electron chi connectivity index (χ1n) is 4.82. The van der Waals surface area contributed by atoms with E-state index in [2.05, 4.69) is 20.3 Å². The minimum absolute atomic E-state index is 0.0365. The topological polar surface area (TPSA) is 137 Å². The van der Waals surface area contributed by atoms with Gasteiger partial charge in [-0.3, -0.25) is 14.9 Å². The zero-order valence-electron chi connectivity index (χ0n) is 9.16. The molecule has 0 spiro atoms. The second kappa shape index (κ2) is 4.90. The van der Waals surface area contributed by atoms with Crippen LogP contribution in [0.4, 0.5) is 17.2 Å². The van der Waals surface area contributed by atoms with Crippen LogP contribution in [0.15, 0.2) is 22.8 Å². The SMILES string of the molecule is Nc1nonc1C(=O)Nc1ccc(Cl)c([N+](=O)[O-])c1. The Bertz CT molecular complexity index is 656. The van der Waals surface area contributed by atoms with E-state index in [4.69, 9.17) is 17.3 Å². The van der Waals surface area contributed by atoms with Crippen LogP contribution in [0.2, 0.25) is 5.02 Å². The lowest BCUT2D eigenvalue weighted by atomic mass is 10.2. The monoisotopic (exact) mass is 283 g/mol. The molecule has 3 N–H and O–H groups in total. The smallest absolute Gasteiger partial charge is 0.289 e. The molecular formula is C9H6ClN5O4. The van der Waals surface area contributed by atoms with Gasteiger partial charge in [0.05, 0.1) is 4.92 Å². The first-order valence-corrected chi connectivity index (χ1v) is 5.20. The third kappa shape index (κ3) is 2.60. The molecule has 2 rings (SSSR count). The molecule has 0 radical (unpaired) electrons. The highest BCUT2D eigenvalue weighted by atomic mass is 35.5. The fraction of sp³-hybridized carbons (Fsp3) is 0. The lowest BCUT2D eigenvalue weighted by Gasteiger charge is -2.03. The summed E-state index contributed by atoms with van der Waals surface area (Å²) in [6.45, 7) is 0. The number of nitro groups is 1. The van der Waals surface area contributed by atoms with Crippen molar-refractivity contribution in [1.82, 2.24) is 10.3 Å². The van der Waals surface area contributed by atoms with Crippen LogP contribution >= 0.6 is 11.6 Å². The Morgan fingerprint density at radius 3 is 2.79 bits per heavy atom. The van der Waals surface area contributed by atoms with Crippen molar-refractivity contribution in [2.24, 2.45) is 0 Å². The summed E-state index contributed by atoms with van der Waals surface area (Å²) < 4.78 is 4.27. The largest absolute Gasteiger partial charge is 0.379 e. The van der Waals surface area contributed by atoms with Crippen molar-refractivity contribution in [3.8, 4) is 0 Å². The average molecular weight is 284 g/mol. The van der Waals surface area contributed by atoms with Crippen molar-refractivity contribution >= 4 is 34.7 Å². The number of carbonyl (C=O) groups is 1. The number of carbonyl (C=O) groups excluding carboxylic acids is 1. The molecule has 1 aromatic heterocycles. The number of hydrogen-bond acceptors (Lipinski definition) is 7. The fourth-order valence-corrected chi connectivity index (χ4v) is 1.46. The Hall–Kier alpha value is -2.68. The molecule has 0 bridgehead atoms. The van der Waals surface area contributed by atoms with Gasteiger partial charge in [0.1, 0.15) is 5.02 Å². The van der Waals surface area contributed by atoms with E-state index in [0.29, 0.717) is 0 Å². The fourth-order valence-electron chi connectivity index (χ4n) is 1.27. The molecule has 0 unspecified atom stereocenters. The van der Waals surface area contributed by atoms with Crippen molar-refractivity contribution in [3.05, 3.63) is 39.0 Å². The van der Waals surface area contributed by atoms with Crippen molar-refractivity contribution < 1.29 is 14.3 Å². The third-order valence-electron chi connectivity index (χ3n) is 2.13. The van der Waals surface area contributed by atoms with E-state index in [1.165, 1.54) is 12.1 Å². The Morgan fingerprint density at radius 1 is 1.47 bits per heavy atom. The molecular weight excluding hydrogens is 278 g/mol. The molecule has 1 amide bonds. The molecule has 0 aliphatic rings. The van der Waals surface area contributed by atoms with Crippen LogP contribution in [0.25, 0.3) is 0 Å². The number of nitrogens with two attached hydrogens (primary N) is 1. The van der Waals surface area contributed by atoms with E-state index < -0.39 is 10.8 Å². The Morgan fingerprint density at radius 2 is 2.21 bits per heavy atom. The number of anilines is 2. The van der Waals surface area contributed by atoms with Crippen molar-refractivity contribution in [1.29, 1.82) is 0 Å². The molecule has 0 aliphatic heterocycles. The molecule has 98 valence electrons.